The molecule has 0 saturated heterocycles. The second-order valence-electron chi connectivity index (χ2n) is 6.58. The Kier molecular flexibility index (Phi) is 7.34. The van der Waals surface area contributed by atoms with Gasteiger partial charge in [-0.25, -0.2) is 0 Å². The van der Waals surface area contributed by atoms with Crippen LogP contribution in [0.3, 0.4) is 0 Å². The molecule has 1 heterocycles. The number of anilines is 1. The van der Waals surface area contributed by atoms with Gasteiger partial charge in [0.15, 0.2) is 0 Å². The number of thioether (sulfide) groups is 1. The lowest BCUT2D eigenvalue weighted by atomic mass is 9.78. The maximum Gasteiger partial charge on any atom is 0.319 e. The number of hydrogen-bond donors (Lipinski definition) is 2. The third-order valence-corrected chi connectivity index (χ3v) is 5.89. The number of esters is 1. The molecule has 0 aromatic heterocycles. The molecule has 0 unspecified atom stereocenters. The summed E-state index contributed by atoms with van der Waals surface area (Å²) < 4.78 is 4.80. The molecule has 0 fully saturated rings. The zero-order chi connectivity index (χ0) is 22.4. The highest BCUT2D eigenvalue weighted by Crippen LogP contribution is 2.40. The molecule has 31 heavy (non-hydrogen) atoms. The van der Waals surface area contributed by atoms with Crippen molar-refractivity contribution in [3.63, 3.8) is 0 Å². The molecule has 2 aromatic carbocycles. The van der Waals surface area contributed by atoms with Crippen LogP contribution in [0.25, 0.3) is 0 Å². The van der Waals surface area contributed by atoms with Crippen molar-refractivity contribution < 1.29 is 19.1 Å². The third kappa shape index (κ3) is 5.26. The average molecular weight is 456 g/mol. The number of amides is 2. The molecule has 1 aliphatic rings. The van der Waals surface area contributed by atoms with E-state index >= 15 is 0 Å². The summed E-state index contributed by atoms with van der Waals surface area (Å²) in [6.45, 7) is 0. The first kappa shape index (κ1) is 22.4. The van der Waals surface area contributed by atoms with Crippen LogP contribution in [0.15, 0.2) is 65.2 Å². The van der Waals surface area contributed by atoms with E-state index in [0.29, 0.717) is 16.3 Å². The van der Waals surface area contributed by atoms with Gasteiger partial charge in [-0.3, -0.25) is 14.4 Å². The van der Waals surface area contributed by atoms with Crippen molar-refractivity contribution in [2.75, 3.05) is 18.2 Å². The molecule has 2 aromatic rings. The summed E-state index contributed by atoms with van der Waals surface area (Å²) in [5.41, 5.74) is 1.41. The molecule has 2 atom stereocenters. The molecule has 0 spiro atoms. The highest BCUT2D eigenvalue weighted by Gasteiger charge is 2.44. The molecule has 0 radical (unpaired) electrons. The van der Waals surface area contributed by atoms with Crippen molar-refractivity contribution in [1.82, 2.24) is 5.32 Å². The summed E-state index contributed by atoms with van der Waals surface area (Å²) in [6, 6.07) is 17.5. The van der Waals surface area contributed by atoms with E-state index in [0.717, 1.165) is 11.8 Å². The number of methoxy groups -OCH3 is 1. The molecule has 1 aliphatic heterocycles. The summed E-state index contributed by atoms with van der Waals surface area (Å²) >= 11 is 6.86. The van der Waals surface area contributed by atoms with E-state index in [1.54, 1.807) is 54.6 Å². The molecular formula is C22H18ClN3O4S. The molecular weight excluding hydrogens is 438 g/mol. The fourth-order valence-corrected chi connectivity index (χ4v) is 4.18. The van der Waals surface area contributed by atoms with Crippen LogP contribution < -0.4 is 10.6 Å². The van der Waals surface area contributed by atoms with E-state index in [1.807, 2.05) is 0 Å². The highest BCUT2D eigenvalue weighted by molar-refractivity contribution is 8.03. The minimum Gasteiger partial charge on any atom is -0.468 e. The first-order chi connectivity index (χ1) is 14.9. The van der Waals surface area contributed by atoms with Gasteiger partial charge in [-0.2, -0.15) is 5.26 Å². The molecule has 2 N–H and O–H groups in total. The smallest absolute Gasteiger partial charge is 0.319 e. The van der Waals surface area contributed by atoms with Crippen molar-refractivity contribution in [3.05, 3.63) is 75.8 Å². The molecule has 7 nitrogen and oxygen atoms in total. The monoisotopic (exact) mass is 455 g/mol. The minimum absolute atomic E-state index is 0.0478. The lowest BCUT2D eigenvalue weighted by molar-refractivity contribution is -0.150. The van der Waals surface area contributed by atoms with Gasteiger partial charge >= 0.3 is 5.97 Å². The standard InChI is InChI=1S/C22H18ClN3O4S/c1-30-22(29)19-18(13-5-3-2-4-6-13)16(11-24)21(26-20(19)28)31-12-17(27)25-15-9-7-14(23)8-10-15/h2-10,18-19H,12H2,1H3,(H,25,27)(H,26,28)/t18-,19+/m0/s1. The highest BCUT2D eigenvalue weighted by atomic mass is 35.5. The lowest BCUT2D eigenvalue weighted by Gasteiger charge is -2.30. The number of halogens is 1. The van der Waals surface area contributed by atoms with E-state index in [1.165, 1.54) is 7.11 Å². The zero-order valence-corrected chi connectivity index (χ0v) is 18.0. The van der Waals surface area contributed by atoms with E-state index < -0.39 is 23.7 Å². The zero-order valence-electron chi connectivity index (χ0n) is 16.4. The van der Waals surface area contributed by atoms with Crippen LogP contribution in [-0.4, -0.2) is 30.6 Å². The van der Waals surface area contributed by atoms with Gasteiger partial charge in [-0.05, 0) is 29.8 Å². The van der Waals surface area contributed by atoms with Crippen LogP contribution in [0.4, 0.5) is 5.69 Å². The molecule has 2 amide bonds. The van der Waals surface area contributed by atoms with Gasteiger partial charge in [0.2, 0.25) is 11.8 Å². The summed E-state index contributed by atoms with van der Waals surface area (Å²) in [5.74, 6) is -3.70. The number of nitriles is 1. The fraction of sp³-hybridized carbons (Fsp3) is 0.182. The Bertz CT molecular complexity index is 1060. The molecule has 3 rings (SSSR count). The minimum atomic E-state index is -1.20. The number of hydrogen-bond acceptors (Lipinski definition) is 6. The number of allylic oxidation sites excluding steroid dienone is 1. The van der Waals surface area contributed by atoms with E-state index in [4.69, 9.17) is 16.3 Å². The number of nitrogens with zero attached hydrogens (tertiary/aromatic N) is 1. The van der Waals surface area contributed by atoms with E-state index in [-0.39, 0.29) is 22.3 Å². The molecule has 0 saturated carbocycles. The molecule has 9 heteroatoms. The number of ether oxygens (including phenoxy) is 1. The van der Waals surface area contributed by atoms with Crippen molar-refractivity contribution >= 4 is 46.8 Å². The Morgan fingerprint density at radius 2 is 1.87 bits per heavy atom. The van der Waals surface area contributed by atoms with Crippen LogP contribution in [-0.2, 0) is 19.1 Å². The van der Waals surface area contributed by atoms with Crippen LogP contribution in [0.5, 0.6) is 0 Å². The van der Waals surface area contributed by atoms with Gasteiger partial charge in [0.05, 0.1) is 29.5 Å². The van der Waals surface area contributed by atoms with Crippen LogP contribution in [0.2, 0.25) is 5.02 Å². The Hall–Kier alpha value is -3.28. The molecule has 0 bridgehead atoms. The quantitative estimate of drug-likeness (QED) is 0.510. The number of nitrogens with one attached hydrogen (secondary N) is 2. The van der Waals surface area contributed by atoms with E-state index in [9.17, 15) is 19.6 Å². The van der Waals surface area contributed by atoms with Crippen LogP contribution in [0.1, 0.15) is 11.5 Å². The predicted molar refractivity (Wildman–Crippen MR) is 118 cm³/mol. The first-order valence-corrected chi connectivity index (χ1v) is 10.6. The Morgan fingerprint density at radius 1 is 1.19 bits per heavy atom. The van der Waals surface area contributed by atoms with Crippen molar-refractivity contribution in [2.24, 2.45) is 5.92 Å². The maximum atomic E-state index is 12.7. The van der Waals surface area contributed by atoms with Gasteiger partial charge in [0.25, 0.3) is 0 Å². The Morgan fingerprint density at radius 3 is 2.48 bits per heavy atom. The van der Waals surface area contributed by atoms with Crippen LogP contribution in [0, 0.1) is 17.2 Å². The van der Waals surface area contributed by atoms with Gasteiger partial charge in [0, 0.05) is 16.6 Å². The number of carbonyl (C=O) groups excluding carboxylic acids is 3. The van der Waals surface area contributed by atoms with E-state index in [2.05, 4.69) is 16.7 Å². The van der Waals surface area contributed by atoms with Crippen molar-refractivity contribution in [1.29, 1.82) is 5.26 Å². The second kappa shape index (κ2) is 10.2. The summed E-state index contributed by atoms with van der Waals surface area (Å²) in [4.78, 5) is 37.4. The normalized spacial score (nSPS) is 18.0. The SMILES string of the molecule is COC(=O)[C@H]1C(=O)NC(SCC(=O)Nc2ccc(Cl)cc2)=C(C#N)[C@@H]1c1ccccc1. The topological polar surface area (TPSA) is 108 Å². The summed E-state index contributed by atoms with van der Waals surface area (Å²) in [7, 11) is 1.19. The predicted octanol–water partition coefficient (Wildman–Crippen LogP) is 3.45. The van der Waals surface area contributed by atoms with Crippen molar-refractivity contribution in [2.45, 2.75) is 5.92 Å². The fourth-order valence-electron chi connectivity index (χ4n) is 3.21. The lowest BCUT2D eigenvalue weighted by Crippen LogP contribution is -2.44. The third-order valence-electron chi connectivity index (χ3n) is 4.62. The first-order valence-electron chi connectivity index (χ1n) is 9.20. The molecule has 158 valence electrons. The van der Waals surface area contributed by atoms with Crippen LogP contribution >= 0.6 is 23.4 Å². The van der Waals surface area contributed by atoms with Gasteiger partial charge < -0.3 is 15.4 Å². The summed E-state index contributed by atoms with van der Waals surface area (Å²) in [5, 5.41) is 15.9. The number of benzene rings is 2. The summed E-state index contributed by atoms with van der Waals surface area (Å²) in [6.07, 6.45) is 0. The van der Waals surface area contributed by atoms with Gasteiger partial charge in [-0.15, -0.1) is 0 Å². The van der Waals surface area contributed by atoms with Crippen molar-refractivity contribution in [3.8, 4) is 6.07 Å². The second-order valence-corrected chi connectivity index (χ2v) is 8.00. The largest absolute Gasteiger partial charge is 0.468 e. The molecule has 0 aliphatic carbocycles. The number of rotatable bonds is 6. The average Bonchev–Trinajstić information content (AvgIpc) is 2.78. The number of carbonyl (C=O) groups is 3. The van der Waals surface area contributed by atoms with Gasteiger partial charge in [0.1, 0.15) is 5.92 Å². The van der Waals surface area contributed by atoms with Gasteiger partial charge in [-0.1, -0.05) is 53.7 Å². The Balaban J connectivity index is 1.85. The maximum absolute atomic E-state index is 12.7. The Labute approximate surface area is 188 Å².